The molecule has 0 aromatic heterocycles. The number of aliphatic imine (C=N–C) groups is 1. The first-order valence-electron chi connectivity index (χ1n) is 9.32. The highest BCUT2D eigenvalue weighted by Crippen LogP contribution is 2.42. The number of hydrogen-bond donors (Lipinski definition) is 0. The molecule has 1 aromatic carbocycles. The minimum absolute atomic E-state index is 0.125. The van der Waals surface area contributed by atoms with Crippen LogP contribution in [0.2, 0.25) is 5.02 Å². The van der Waals surface area contributed by atoms with Crippen LogP contribution < -0.4 is 0 Å². The van der Waals surface area contributed by atoms with Crippen molar-refractivity contribution in [2.45, 2.75) is 45.1 Å². The molecule has 7 heteroatoms. The zero-order valence-electron chi connectivity index (χ0n) is 16.6. The number of rotatable bonds is 8. The molecule has 152 valence electrons. The number of ether oxygens (including phenoxy) is 2. The SMILES string of the molecule is CC=N/C=C(/C)C(=O)OCOCN(C)C1(c2ccccc2Cl)CCCCC1=O. The van der Waals surface area contributed by atoms with Gasteiger partial charge in [0.05, 0.1) is 5.57 Å². The van der Waals surface area contributed by atoms with Crippen molar-refractivity contribution in [2.75, 3.05) is 20.6 Å². The van der Waals surface area contributed by atoms with E-state index in [1.165, 1.54) is 6.20 Å². The fourth-order valence-corrected chi connectivity index (χ4v) is 3.73. The van der Waals surface area contributed by atoms with Crippen molar-refractivity contribution in [3.05, 3.63) is 46.6 Å². The van der Waals surface area contributed by atoms with Crippen molar-refractivity contribution in [1.82, 2.24) is 4.90 Å². The maximum atomic E-state index is 13.0. The van der Waals surface area contributed by atoms with Crippen LogP contribution in [0.25, 0.3) is 0 Å². The van der Waals surface area contributed by atoms with E-state index in [-0.39, 0.29) is 19.3 Å². The molecule has 6 nitrogen and oxygen atoms in total. The van der Waals surface area contributed by atoms with Crippen LogP contribution in [-0.2, 0) is 24.6 Å². The van der Waals surface area contributed by atoms with Crippen LogP contribution >= 0.6 is 11.6 Å². The molecule has 0 heterocycles. The largest absolute Gasteiger partial charge is 0.435 e. The zero-order valence-corrected chi connectivity index (χ0v) is 17.4. The molecular formula is C21H27ClN2O4. The second-order valence-electron chi connectivity index (χ2n) is 6.77. The van der Waals surface area contributed by atoms with Crippen molar-refractivity contribution in [3.8, 4) is 0 Å². The first kappa shape index (κ1) is 22.3. The summed E-state index contributed by atoms with van der Waals surface area (Å²) in [7, 11) is 1.83. The van der Waals surface area contributed by atoms with Gasteiger partial charge in [-0.1, -0.05) is 36.2 Å². The van der Waals surface area contributed by atoms with Gasteiger partial charge in [0.25, 0.3) is 0 Å². The lowest BCUT2D eigenvalue weighted by Crippen LogP contribution is -2.52. The van der Waals surface area contributed by atoms with Gasteiger partial charge in [-0.15, -0.1) is 0 Å². The van der Waals surface area contributed by atoms with Crippen LogP contribution in [0.5, 0.6) is 0 Å². The molecule has 0 bridgehead atoms. The Morgan fingerprint density at radius 2 is 2.11 bits per heavy atom. The summed E-state index contributed by atoms with van der Waals surface area (Å²) in [6, 6.07) is 7.42. The third-order valence-electron chi connectivity index (χ3n) is 4.92. The number of Topliss-reactive ketones (excluding diaryl/α,β-unsaturated/α-hetero) is 1. The molecule has 1 saturated carbocycles. The molecule has 0 amide bonds. The normalized spacial score (nSPS) is 20.8. The highest BCUT2D eigenvalue weighted by atomic mass is 35.5. The average molecular weight is 407 g/mol. The molecule has 1 fully saturated rings. The van der Waals surface area contributed by atoms with Gasteiger partial charge < -0.3 is 9.47 Å². The number of benzene rings is 1. The predicted molar refractivity (Wildman–Crippen MR) is 109 cm³/mol. The minimum atomic E-state index is -0.827. The highest BCUT2D eigenvalue weighted by molar-refractivity contribution is 6.31. The molecule has 0 spiro atoms. The second-order valence-corrected chi connectivity index (χ2v) is 7.18. The smallest absolute Gasteiger partial charge is 0.337 e. The van der Waals surface area contributed by atoms with E-state index in [2.05, 4.69) is 4.99 Å². The van der Waals surface area contributed by atoms with Crippen molar-refractivity contribution in [2.24, 2.45) is 4.99 Å². The number of carbonyl (C=O) groups excluding carboxylic acids is 2. The maximum absolute atomic E-state index is 13.0. The molecule has 0 aliphatic heterocycles. The topological polar surface area (TPSA) is 68.2 Å². The number of likely N-dealkylation sites (N-methyl/N-ethyl adjacent to an activating group) is 1. The van der Waals surface area contributed by atoms with Crippen LogP contribution in [0, 0.1) is 0 Å². The number of esters is 1. The van der Waals surface area contributed by atoms with Gasteiger partial charge >= 0.3 is 5.97 Å². The van der Waals surface area contributed by atoms with Crippen LogP contribution in [-0.4, -0.2) is 43.4 Å². The molecule has 1 aromatic rings. The van der Waals surface area contributed by atoms with Gasteiger partial charge in [0.15, 0.2) is 12.6 Å². The quantitative estimate of drug-likeness (QED) is 0.214. The van der Waals surface area contributed by atoms with E-state index in [4.69, 9.17) is 21.1 Å². The van der Waals surface area contributed by atoms with Gasteiger partial charge in [-0.05, 0) is 45.4 Å². The van der Waals surface area contributed by atoms with E-state index >= 15 is 0 Å². The van der Waals surface area contributed by atoms with E-state index in [0.717, 1.165) is 18.4 Å². The number of nitrogens with zero attached hydrogens (tertiary/aromatic N) is 2. The molecule has 0 saturated heterocycles. The number of halogens is 1. The van der Waals surface area contributed by atoms with E-state index in [1.54, 1.807) is 26.1 Å². The first-order valence-corrected chi connectivity index (χ1v) is 9.70. The molecule has 1 unspecified atom stereocenters. The van der Waals surface area contributed by atoms with Crippen molar-refractivity contribution in [3.63, 3.8) is 0 Å². The molecule has 0 radical (unpaired) electrons. The van der Waals surface area contributed by atoms with Gasteiger partial charge in [0, 0.05) is 23.9 Å². The van der Waals surface area contributed by atoms with Crippen molar-refractivity contribution in [1.29, 1.82) is 0 Å². The van der Waals surface area contributed by atoms with Gasteiger partial charge in [-0.25, -0.2) is 4.79 Å². The van der Waals surface area contributed by atoms with E-state index in [9.17, 15) is 9.59 Å². The number of ketones is 1. The fourth-order valence-electron chi connectivity index (χ4n) is 3.44. The molecule has 1 aliphatic rings. The van der Waals surface area contributed by atoms with Gasteiger partial charge in [-0.2, -0.15) is 0 Å². The lowest BCUT2D eigenvalue weighted by molar-refractivity contribution is -0.162. The molecule has 0 N–H and O–H groups in total. The summed E-state index contributed by atoms with van der Waals surface area (Å²) in [4.78, 5) is 30.6. The molecule has 2 rings (SSSR count). The Morgan fingerprint density at radius 1 is 1.36 bits per heavy atom. The maximum Gasteiger partial charge on any atom is 0.337 e. The molecule has 28 heavy (non-hydrogen) atoms. The van der Waals surface area contributed by atoms with Crippen LogP contribution in [0.4, 0.5) is 0 Å². The Morgan fingerprint density at radius 3 is 2.79 bits per heavy atom. The predicted octanol–water partition coefficient (Wildman–Crippen LogP) is 4.08. The molecule has 1 aliphatic carbocycles. The summed E-state index contributed by atoms with van der Waals surface area (Å²) in [6.07, 6.45) is 6.00. The molecular weight excluding hydrogens is 380 g/mol. The monoisotopic (exact) mass is 406 g/mol. The zero-order chi connectivity index (χ0) is 20.6. The van der Waals surface area contributed by atoms with Crippen LogP contribution in [0.15, 0.2) is 41.0 Å². The third-order valence-corrected chi connectivity index (χ3v) is 5.25. The minimum Gasteiger partial charge on any atom is -0.435 e. The highest BCUT2D eigenvalue weighted by Gasteiger charge is 2.46. The Hall–Kier alpha value is -2.02. The summed E-state index contributed by atoms with van der Waals surface area (Å²) < 4.78 is 10.6. The van der Waals surface area contributed by atoms with Crippen LogP contribution in [0.3, 0.4) is 0 Å². The Bertz CT molecular complexity index is 763. The Balaban J connectivity index is 2.05. The average Bonchev–Trinajstić information content (AvgIpc) is 2.70. The lowest BCUT2D eigenvalue weighted by atomic mass is 9.74. The van der Waals surface area contributed by atoms with E-state index in [1.807, 2.05) is 30.1 Å². The molecule has 1 atom stereocenters. The second kappa shape index (κ2) is 10.5. The fraction of sp³-hybridized carbons (Fsp3) is 0.476. The van der Waals surface area contributed by atoms with Gasteiger partial charge in [-0.3, -0.25) is 14.7 Å². The van der Waals surface area contributed by atoms with Crippen molar-refractivity contribution >= 4 is 29.6 Å². The van der Waals surface area contributed by atoms with Crippen LogP contribution in [0.1, 0.15) is 45.1 Å². The summed E-state index contributed by atoms with van der Waals surface area (Å²) in [5.74, 6) is -0.367. The first-order chi connectivity index (χ1) is 13.4. The number of carbonyl (C=O) groups is 2. The standard InChI is InChI=1S/C21H27ClN2O4/c1-4-23-13-16(2)20(26)28-15-27-14-24(3)21(12-8-7-11-19(21)25)17-9-5-6-10-18(17)22/h4-6,9-10,13H,7-8,11-12,14-15H2,1-3H3/b16-13-,23-4?. The van der Waals surface area contributed by atoms with E-state index in [0.29, 0.717) is 23.4 Å². The van der Waals surface area contributed by atoms with Gasteiger partial charge in [0.2, 0.25) is 0 Å². The Labute approximate surface area is 171 Å². The number of hydrogen-bond acceptors (Lipinski definition) is 6. The van der Waals surface area contributed by atoms with E-state index < -0.39 is 11.5 Å². The third kappa shape index (κ3) is 5.07. The van der Waals surface area contributed by atoms with Crippen molar-refractivity contribution < 1.29 is 19.1 Å². The van der Waals surface area contributed by atoms with Gasteiger partial charge in [0.1, 0.15) is 12.3 Å². The summed E-state index contributed by atoms with van der Waals surface area (Å²) in [5, 5.41) is 0.563. The Kier molecular flexibility index (Phi) is 8.35. The summed E-state index contributed by atoms with van der Waals surface area (Å²) in [6.45, 7) is 3.29. The summed E-state index contributed by atoms with van der Waals surface area (Å²) in [5.41, 5.74) is 0.345. The lowest BCUT2D eigenvalue weighted by Gasteiger charge is -2.43. The summed E-state index contributed by atoms with van der Waals surface area (Å²) >= 11 is 6.43.